The van der Waals surface area contributed by atoms with Crippen molar-refractivity contribution in [2.24, 2.45) is 0 Å². The molecule has 0 fully saturated rings. The summed E-state index contributed by atoms with van der Waals surface area (Å²) in [6, 6.07) is 22.0. The first-order valence-corrected chi connectivity index (χ1v) is 10.2. The molecule has 1 aliphatic rings. The Bertz CT molecular complexity index is 1550. The Kier molecular flexibility index (Phi) is 3.80. The van der Waals surface area contributed by atoms with Gasteiger partial charge in [0.1, 0.15) is 5.82 Å². The zero-order chi connectivity index (χ0) is 20.9. The highest BCUT2D eigenvalue weighted by molar-refractivity contribution is 5.99. The number of carbonyl (C=O) groups excluding carboxylic acids is 1. The van der Waals surface area contributed by atoms with E-state index in [1.807, 2.05) is 48.7 Å². The minimum absolute atomic E-state index is 0.173. The molecule has 0 saturated heterocycles. The van der Waals surface area contributed by atoms with Gasteiger partial charge in [-0.15, -0.1) is 0 Å². The summed E-state index contributed by atoms with van der Waals surface area (Å²) in [5.41, 5.74) is 3.55. The van der Waals surface area contributed by atoms with Gasteiger partial charge in [0.15, 0.2) is 0 Å². The quantitative estimate of drug-likeness (QED) is 0.467. The van der Waals surface area contributed by atoms with E-state index in [0.29, 0.717) is 34.4 Å². The molecule has 1 atom stereocenters. The van der Waals surface area contributed by atoms with Gasteiger partial charge in [-0.25, -0.2) is 4.98 Å². The maximum atomic E-state index is 13.5. The third-order valence-corrected chi connectivity index (χ3v) is 5.91. The van der Waals surface area contributed by atoms with Crippen LogP contribution in [0.3, 0.4) is 0 Å². The van der Waals surface area contributed by atoms with Crippen molar-refractivity contribution in [1.29, 1.82) is 0 Å². The molecular formula is C25H18N4O2. The van der Waals surface area contributed by atoms with Crippen molar-refractivity contribution in [3.05, 3.63) is 106 Å². The Morgan fingerprint density at radius 2 is 1.61 bits per heavy atom. The maximum Gasteiger partial charge on any atom is 0.266 e. The first-order chi connectivity index (χ1) is 15.2. The molecule has 0 unspecified atom stereocenters. The standard InChI is InChI=1S/C25H18N4O2/c30-24-18-9-3-6-12-22(18)29-23(27-20-11-5-2-8-17(20)25(29)31)21(28-24)13-15-14-26-19-10-4-1-7-16(15)19/h1-12,14,21,26H,13H2,(H,28,30)/t21-/m1/s1. The van der Waals surface area contributed by atoms with E-state index in [1.54, 1.807) is 28.8 Å². The number of para-hydroxylation sites is 3. The van der Waals surface area contributed by atoms with Crippen LogP contribution < -0.4 is 10.9 Å². The molecule has 3 aromatic carbocycles. The highest BCUT2D eigenvalue weighted by Gasteiger charge is 2.30. The van der Waals surface area contributed by atoms with Crippen molar-refractivity contribution in [3.8, 4) is 5.69 Å². The second-order valence-electron chi connectivity index (χ2n) is 7.73. The number of aromatic amines is 1. The number of benzene rings is 3. The number of aromatic nitrogens is 3. The van der Waals surface area contributed by atoms with Gasteiger partial charge in [-0.05, 0) is 35.9 Å². The van der Waals surface area contributed by atoms with Crippen molar-refractivity contribution >= 4 is 27.7 Å². The summed E-state index contributed by atoms with van der Waals surface area (Å²) >= 11 is 0. The van der Waals surface area contributed by atoms with Crippen LogP contribution in [0.15, 0.2) is 83.8 Å². The lowest BCUT2D eigenvalue weighted by Crippen LogP contribution is -2.31. The molecular weight excluding hydrogens is 388 g/mol. The smallest absolute Gasteiger partial charge is 0.266 e. The molecule has 0 saturated carbocycles. The SMILES string of the molecule is O=C1N[C@H](Cc2c[nH]c3ccccc23)c2nc3ccccc3c(=O)n2-c2ccccc21. The monoisotopic (exact) mass is 406 g/mol. The van der Waals surface area contributed by atoms with Crippen molar-refractivity contribution < 1.29 is 4.79 Å². The molecule has 150 valence electrons. The molecule has 31 heavy (non-hydrogen) atoms. The van der Waals surface area contributed by atoms with Gasteiger partial charge in [0.2, 0.25) is 0 Å². The van der Waals surface area contributed by atoms with E-state index in [1.165, 1.54) is 0 Å². The van der Waals surface area contributed by atoms with Crippen LogP contribution in [0.5, 0.6) is 0 Å². The van der Waals surface area contributed by atoms with E-state index >= 15 is 0 Å². The largest absolute Gasteiger partial charge is 0.361 e. The summed E-state index contributed by atoms with van der Waals surface area (Å²) in [7, 11) is 0. The molecule has 6 heteroatoms. The first-order valence-electron chi connectivity index (χ1n) is 10.2. The lowest BCUT2D eigenvalue weighted by atomic mass is 10.0. The fraction of sp³-hybridized carbons (Fsp3) is 0.0800. The number of nitrogens with one attached hydrogen (secondary N) is 2. The Morgan fingerprint density at radius 3 is 2.52 bits per heavy atom. The normalized spacial score (nSPS) is 15.4. The molecule has 2 N–H and O–H groups in total. The van der Waals surface area contributed by atoms with Crippen molar-refractivity contribution in [2.45, 2.75) is 12.5 Å². The molecule has 0 spiro atoms. The first kappa shape index (κ1) is 17.7. The predicted molar refractivity (Wildman–Crippen MR) is 120 cm³/mol. The van der Waals surface area contributed by atoms with Gasteiger partial charge < -0.3 is 10.3 Å². The van der Waals surface area contributed by atoms with Crippen molar-refractivity contribution in [1.82, 2.24) is 19.9 Å². The van der Waals surface area contributed by atoms with E-state index in [2.05, 4.69) is 16.4 Å². The predicted octanol–water partition coefficient (Wildman–Crippen LogP) is 3.89. The minimum atomic E-state index is -0.462. The van der Waals surface area contributed by atoms with Crippen molar-refractivity contribution in [2.75, 3.05) is 0 Å². The van der Waals surface area contributed by atoms with Crippen LogP contribution in [0, 0.1) is 0 Å². The molecule has 0 aliphatic carbocycles. The van der Waals surface area contributed by atoms with Crippen LogP contribution in [0.2, 0.25) is 0 Å². The van der Waals surface area contributed by atoms with Gasteiger partial charge in [0.25, 0.3) is 11.5 Å². The van der Waals surface area contributed by atoms with Crippen LogP contribution in [0.1, 0.15) is 27.8 Å². The highest BCUT2D eigenvalue weighted by Crippen LogP contribution is 2.29. The van der Waals surface area contributed by atoms with Gasteiger partial charge in [0, 0.05) is 23.5 Å². The zero-order valence-corrected chi connectivity index (χ0v) is 16.5. The fourth-order valence-electron chi connectivity index (χ4n) is 4.44. The number of hydrogen-bond acceptors (Lipinski definition) is 3. The highest BCUT2D eigenvalue weighted by atomic mass is 16.2. The number of nitrogens with zero attached hydrogens (tertiary/aromatic N) is 2. The molecule has 3 heterocycles. The molecule has 2 aromatic heterocycles. The number of hydrogen-bond donors (Lipinski definition) is 2. The Balaban J connectivity index is 1.61. The van der Waals surface area contributed by atoms with Crippen LogP contribution >= 0.6 is 0 Å². The summed E-state index contributed by atoms with van der Waals surface area (Å²) < 4.78 is 1.59. The molecule has 6 nitrogen and oxygen atoms in total. The minimum Gasteiger partial charge on any atom is -0.361 e. The number of amides is 1. The Morgan fingerprint density at radius 1 is 0.871 bits per heavy atom. The molecule has 5 aromatic rings. The van der Waals surface area contributed by atoms with Gasteiger partial charge in [-0.3, -0.25) is 14.2 Å². The van der Waals surface area contributed by atoms with E-state index < -0.39 is 6.04 Å². The molecule has 1 aliphatic heterocycles. The van der Waals surface area contributed by atoms with E-state index in [-0.39, 0.29) is 11.5 Å². The van der Waals surface area contributed by atoms with E-state index in [4.69, 9.17) is 4.98 Å². The van der Waals surface area contributed by atoms with Gasteiger partial charge >= 0.3 is 0 Å². The topological polar surface area (TPSA) is 79.8 Å². The number of fused-ring (bicyclic) bond motifs is 5. The van der Waals surface area contributed by atoms with Crippen molar-refractivity contribution in [3.63, 3.8) is 0 Å². The van der Waals surface area contributed by atoms with Crippen LogP contribution in [-0.4, -0.2) is 20.4 Å². The zero-order valence-electron chi connectivity index (χ0n) is 16.5. The summed E-state index contributed by atoms with van der Waals surface area (Å²) in [4.78, 5) is 34.8. The fourth-order valence-corrected chi connectivity index (χ4v) is 4.44. The van der Waals surface area contributed by atoms with Gasteiger partial charge in [-0.1, -0.05) is 42.5 Å². The second-order valence-corrected chi connectivity index (χ2v) is 7.73. The summed E-state index contributed by atoms with van der Waals surface area (Å²) in [6.07, 6.45) is 2.47. The average Bonchev–Trinajstić information content (AvgIpc) is 3.16. The number of H-pyrrole nitrogens is 1. The van der Waals surface area contributed by atoms with Crippen LogP contribution in [-0.2, 0) is 6.42 Å². The van der Waals surface area contributed by atoms with Crippen LogP contribution in [0.4, 0.5) is 0 Å². The molecule has 6 rings (SSSR count). The second kappa shape index (κ2) is 6.67. The number of carbonyl (C=O) groups is 1. The molecule has 0 radical (unpaired) electrons. The lowest BCUT2D eigenvalue weighted by molar-refractivity contribution is 0.0938. The summed E-state index contributed by atoms with van der Waals surface area (Å²) in [5, 5.41) is 4.73. The van der Waals surface area contributed by atoms with Gasteiger partial charge in [-0.2, -0.15) is 0 Å². The summed E-state index contributed by atoms with van der Waals surface area (Å²) in [6.45, 7) is 0. The lowest BCUT2D eigenvalue weighted by Gasteiger charge is -2.19. The van der Waals surface area contributed by atoms with Gasteiger partial charge in [0.05, 0.1) is 28.2 Å². The third-order valence-electron chi connectivity index (χ3n) is 5.91. The average molecular weight is 406 g/mol. The Hall–Kier alpha value is -4.19. The molecule has 0 bridgehead atoms. The van der Waals surface area contributed by atoms with E-state index in [9.17, 15) is 9.59 Å². The van der Waals surface area contributed by atoms with Crippen LogP contribution in [0.25, 0.3) is 27.5 Å². The summed E-state index contributed by atoms with van der Waals surface area (Å²) in [5.74, 6) is 0.321. The number of rotatable bonds is 2. The van der Waals surface area contributed by atoms with E-state index in [0.717, 1.165) is 16.5 Å². The maximum absolute atomic E-state index is 13.5. The molecule has 1 amide bonds. The Labute approximate surface area is 177 Å². The third kappa shape index (κ3) is 2.69.